The number of H-pyrrole nitrogens is 1. The highest BCUT2D eigenvalue weighted by molar-refractivity contribution is 6.03. The van der Waals surface area contributed by atoms with E-state index in [-0.39, 0.29) is 12.4 Å². The molecule has 0 aliphatic carbocycles. The molecule has 25 heavy (non-hydrogen) atoms. The molecule has 1 aromatic heterocycles. The van der Waals surface area contributed by atoms with E-state index in [9.17, 15) is 4.79 Å². The molecule has 6 heteroatoms. The van der Waals surface area contributed by atoms with Crippen molar-refractivity contribution in [2.75, 3.05) is 20.3 Å². The number of hydrogen-bond acceptors (Lipinski definition) is 4. The van der Waals surface area contributed by atoms with Gasteiger partial charge in [-0.15, -0.1) is 12.4 Å². The Kier molecular flexibility index (Phi) is 6.44. The molecule has 3 aromatic rings. The minimum Gasteiger partial charge on any atom is -0.493 e. The van der Waals surface area contributed by atoms with Gasteiger partial charge in [-0.1, -0.05) is 30.3 Å². The van der Waals surface area contributed by atoms with Crippen LogP contribution in [0.5, 0.6) is 5.75 Å². The number of carbonyl (C=O) groups is 1. The lowest BCUT2D eigenvalue weighted by Crippen LogP contribution is -2.06. The molecule has 3 N–H and O–H groups in total. The van der Waals surface area contributed by atoms with Crippen LogP contribution in [0.15, 0.2) is 48.5 Å². The zero-order valence-electron chi connectivity index (χ0n) is 14.0. The van der Waals surface area contributed by atoms with Crippen molar-refractivity contribution in [1.82, 2.24) is 4.98 Å². The molecule has 1 heterocycles. The zero-order chi connectivity index (χ0) is 16.9. The van der Waals surface area contributed by atoms with E-state index in [2.05, 4.69) is 4.98 Å². The third-order valence-corrected chi connectivity index (χ3v) is 3.85. The molecule has 0 amide bonds. The molecule has 0 spiro atoms. The highest BCUT2D eigenvalue weighted by atomic mass is 35.5. The number of nitrogens with one attached hydrogen (secondary N) is 1. The Morgan fingerprint density at radius 3 is 2.60 bits per heavy atom. The number of aromatic amines is 1. The number of halogens is 1. The van der Waals surface area contributed by atoms with Crippen molar-refractivity contribution in [3.05, 3.63) is 54.2 Å². The van der Waals surface area contributed by atoms with E-state index in [1.54, 1.807) is 6.07 Å². The van der Waals surface area contributed by atoms with Crippen LogP contribution in [0.4, 0.5) is 0 Å². The molecule has 0 bridgehead atoms. The Bertz CT molecular complexity index is 847. The summed E-state index contributed by atoms with van der Waals surface area (Å²) >= 11 is 0. The molecule has 0 aliphatic heterocycles. The predicted molar refractivity (Wildman–Crippen MR) is 101 cm³/mol. The van der Waals surface area contributed by atoms with E-state index in [1.807, 2.05) is 42.5 Å². The minimum absolute atomic E-state index is 0. The number of methoxy groups -OCH3 is 1. The van der Waals surface area contributed by atoms with Gasteiger partial charge in [-0.3, -0.25) is 0 Å². The SMILES string of the molecule is COC(=O)c1cc2c(OCCCN)ccc(-c3ccccc3)c2[nH]1.Cl. The summed E-state index contributed by atoms with van der Waals surface area (Å²) < 4.78 is 10.6. The highest BCUT2D eigenvalue weighted by Crippen LogP contribution is 2.35. The molecule has 2 aromatic carbocycles. The van der Waals surface area contributed by atoms with E-state index >= 15 is 0 Å². The maximum atomic E-state index is 11.9. The van der Waals surface area contributed by atoms with Gasteiger partial charge in [-0.2, -0.15) is 0 Å². The normalized spacial score (nSPS) is 10.3. The summed E-state index contributed by atoms with van der Waals surface area (Å²) in [5, 5.41) is 0.855. The summed E-state index contributed by atoms with van der Waals surface area (Å²) in [6.45, 7) is 1.11. The predicted octanol–water partition coefficient (Wildman–Crippen LogP) is 3.77. The molecule has 0 atom stereocenters. The van der Waals surface area contributed by atoms with Gasteiger partial charge in [-0.05, 0) is 36.7 Å². The van der Waals surface area contributed by atoms with Crippen molar-refractivity contribution in [2.45, 2.75) is 6.42 Å². The quantitative estimate of drug-likeness (QED) is 0.518. The number of hydrogen-bond donors (Lipinski definition) is 2. The Balaban J connectivity index is 0.00000225. The smallest absolute Gasteiger partial charge is 0.354 e. The molecule has 5 nitrogen and oxygen atoms in total. The Morgan fingerprint density at radius 2 is 1.92 bits per heavy atom. The van der Waals surface area contributed by atoms with Crippen LogP contribution in [0.2, 0.25) is 0 Å². The molecule has 132 valence electrons. The minimum atomic E-state index is -0.405. The molecule has 0 saturated carbocycles. The van der Waals surface area contributed by atoms with Crippen LogP contribution in [0, 0.1) is 0 Å². The number of benzene rings is 2. The average Bonchev–Trinajstić information content (AvgIpc) is 3.07. The molecule has 0 saturated heterocycles. The largest absolute Gasteiger partial charge is 0.493 e. The lowest BCUT2D eigenvalue weighted by atomic mass is 10.0. The van der Waals surface area contributed by atoms with E-state index in [4.69, 9.17) is 15.2 Å². The van der Waals surface area contributed by atoms with Gasteiger partial charge >= 0.3 is 5.97 Å². The summed E-state index contributed by atoms with van der Waals surface area (Å²) in [6, 6.07) is 15.7. The lowest BCUT2D eigenvalue weighted by molar-refractivity contribution is 0.0595. The van der Waals surface area contributed by atoms with E-state index in [0.717, 1.165) is 34.2 Å². The second-order valence-corrected chi connectivity index (χ2v) is 5.43. The number of nitrogens with two attached hydrogens (primary N) is 1. The number of carbonyl (C=O) groups excluding carboxylic acids is 1. The molecule has 0 unspecified atom stereocenters. The topological polar surface area (TPSA) is 77.3 Å². The zero-order valence-corrected chi connectivity index (χ0v) is 14.8. The fourth-order valence-electron chi connectivity index (χ4n) is 2.66. The van der Waals surface area contributed by atoms with Gasteiger partial charge in [0.05, 0.1) is 19.2 Å². The lowest BCUT2D eigenvalue weighted by Gasteiger charge is -2.10. The van der Waals surface area contributed by atoms with Crippen LogP contribution >= 0.6 is 12.4 Å². The van der Waals surface area contributed by atoms with Crippen molar-refractivity contribution >= 4 is 29.3 Å². The van der Waals surface area contributed by atoms with Crippen LogP contribution in [0.1, 0.15) is 16.9 Å². The summed E-state index contributed by atoms with van der Waals surface area (Å²) in [6.07, 6.45) is 0.774. The summed E-state index contributed by atoms with van der Waals surface area (Å²) in [4.78, 5) is 15.1. The molecule has 0 aliphatic rings. The van der Waals surface area contributed by atoms with Crippen molar-refractivity contribution < 1.29 is 14.3 Å². The van der Waals surface area contributed by atoms with Gasteiger partial charge in [0.1, 0.15) is 11.4 Å². The summed E-state index contributed by atoms with van der Waals surface area (Å²) in [5.74, 6) is 0.322. The van der Waals surface area contributed by atoms with Crippen LogP contribution in [0.25, 0.3) is 22.0 Å². The van der Waals surface area contributed by atoms with Gasteiger partial charge < -0.3 is 20.2 Å². The van der Waals surface area contributed by atoms with E-state index in [1.165, 1.54) is 7.11 Å². The van der Waals surface area contributed by atoms with Gasteiger partial charge in [0.2, 0.25) is 0 Å². The monoisotopic (exact) mass is 360 g/mol. The van der Waals surface area contributed by atoms with Gasteiger partial charge in [0, 0.05) is 10.9 Å². The molecule has 0 fully saturated rings. The van der Waals surface area contributed by atoms with Crippen LogP contribution in [0.3, 0.4) is 0 Å². The van der Waals surface area contributed by atoms with Crippen molar-refractivity contribution in [1.29, 1.82) is 0 Å². The molecule has 3 rings (SSSR count). The Morgan fingerprint density at radius 1 is 1.16 bits per heavy atom. The number of rotatable bonds is 6. The summed E-state index contributed by atoms with van der Waals surface area (Å²) in [7, 11) is 1.37. The standard InChI is InChI=1S/C19H20N2O3.ClH/c1-23-19(22)16-12-15-17(24-11-5-10-20)9-8-14(18(15)21-16)13-6-3-2-4-7-13;/h2-4,6-9,12,21H,5,10-11,20H2,1H3;1H. The number of aromatic nitrogens is 1. The van der Waals surface area contributed by atoms with E-state index in [0.29, 0.717) is 18.8 Å². The van der Waals surface area contributed by atoms with Gasteiger partial charge in [-0.25, -0.2) is 4.79 Å². The van der Waals surface area contributed by atoms with Gasteiger partial charge in [0.15, 0.2) is 0 Å². The highest BCUT2D eigenvalue weighted by Gasteiger charge is 2.16. The van der Waals surface area contributed by atoms with Crippen molar-refractivity contribution in [3.8, 4) is 16.9 Å². The second kappa shape index (κ2) is 8.55. The van der Waals surface area contributed by atoms with Crippen LogP contribution in [-0.2, 0) is 4.74 Å². The molecular weight excluding hydrogens is 340 g/mol. The van der Waals surface area contributed by atoms with Crippen LogP contribution < -0.4 is 10.5 Å². The maximum absolute atomic E-state index is 11.9. The fourth-order valence-corrected chi connectivity index (χ4v) is 2.66. The number of fused-ring (bicyclic) bond motifs is 1. The van der Waals surface area contributed by atoms with Crippen molar-refractivity contribution in [2.24, 2.45) is 5.73 Å². The third kappa shape index (κ3) is 3.95. The van der Waals surface area contributed by atoms with Crippen molar-refractivity contribution in [3.63, 3.8) is 0 Å². The third-order valence-electron chi connectivity index (χ3n) is 3.85. The average molecular weight is 361 g/mol. The molecular formula is C19H21ClN2O3. The fraction of sp³-hybridized carbons (Fsp3) is 0.211. The maximum Gasteiger partial charge on any atom is 0.354 e. The second-order valence-electron chi connectivity index (χ2n) is 5.43. The Hall–Kier alpha value is -2.50. The first kappa shape index (κ1) is 18.8. The van der Waals surface area contributed by atoms with Gasteiger partial charge in [0.25, 0.3) is 0 Å². The summed E-state index contributed by atoms with van der Waals surface area (Å²) in [5.41, 5.74) is 8.85. The van der Waals surface area contributed by atoms with Crippen LogP contribution in [-0.4, -0.2) is 31.2 Å². The Labute approximate surface area is 152 Å². The number of esters is 1. The first-order valence-corrected chi connectivity index (χ1v) is 7.87. The molecule has 0 radical (unpaired) electrons. The first-order valence-electron chi connectivity index (χ1n) is 7.87. The number of ether oxygens (including phenoxy) is 2. The first-order chi connectivity index (χ1) is 11.7. The van der Waals surface area contributed by atoms with E-state index < -0.39 is 5.97 Å².